The minimum absolute atomic E-state index is 0.0713. The predicted molar refractivity (Wildman–Crippen MR) is 97.3 cm³/mol. The van der Waals surface area contributed by atoms with Crippen molar-refractivity contribution >= 4 is 17.8 Å². The minimum atomic E-state index is -0.772. The molecule has 1 spiro atoms. The van der Waals surface area contributed by atoms with Crippen molar-refractivity contribution in [3.63, 3.8) is 0 Å². The lowest BCUT2D eigenvalue weighted by Gasteiger charge is -2.41. The number of rotatable bonds is 2. The highest BCUT2D eigenvalue weighted by atomic mass is 16.2. The first-order valence-electron chi connectivity index (χ1n) is 10.4. The number of nitrogens with one attached hydrogen (secondary N) is 1. The first-order valence-corrected chi connectivity index (χ1v) is 10.4. The van der Waals surface area contributed by atoms with Gasteiger partial charge in [0.2, 0.25) is 5.91 Å². The maximum atomic E-state index is 13.0. The van der Waals surface area contributed by atoms with Crippen LogP contribution in [0.1, 0.15) is 64.7 Å². The summed E-state index contributed by atoms with van der Waals surface area (Å²) < 4.78 is 0. The molecule has 4 rings (SSSR count). The predicted octanol–water partition coefficient (Wildman–Crippen LogP) is 2.53. The van der Waals surface area contributed by atoms with E-state index in [1.807, 2.05) is 11.8 Å². The fourth-order valence-corrected chi connectivity index (χ4v) is 5.70. The van der Waals surface area contributed by atoms with E-state index in [2.05, 4.69) is 5.32 Å². The minimum Gasteiger partial charge on any atom is -0.341 e. The van der Waals surface area contributed by atoms with E-state index in [-0.39, 0.29) is 30.3 Å². The van der Waals surface area contributed by atoms with E-state index >= 15 is 0 Å². The molecule has 2 aliphatic carbocycles. The van der Waals surface area contributed by atoms with Crippen LogP contribution in [0.25, 0.3) is 0 Å². The lowest BCUT2D eigenvalue weighted by molar-refractivity contribution is -0.142. The molecular formula is C20H31N3O3. The van der Waals surface area contributed by atoms with Gasteiger partial charge in [0.25, 0.3) is 5.91 Å². The van der Waals surface area contributed by atoms with Crippen molar-refractivity contribution in [3.8, 4) is 0 Å². The Morgan fingerprint density at radius 2 is 1.81 bits per heavy atom. The highest BCUT2D eigenvalue weighted by Gasteiger charge is 2.55. The van der Waals surface area contributed by atoms with Crippen LogP contribution in [-0.4, -0.2) is 52.8 Å². The largest absolute Gasteiger partial charge is 0.341 e. The number of urea groups is 1. The summed E-state index contributed by atoms with van der Waals surface area (Å²) in [5, 5.41) is 2.94. The van der Waals surface area contributed by atoms with Crippen molar-refractivity contribution in [3.05, 3.63) is 0 Å². The summed E-state index contributed by atoms with van der Waals surface area (Å²) in [7, 11) is 0. The van der Waals surface area contributed by atoms with Crippen LogP contribution in [0.15, 0.2) is 0 Å². The third-order valence-electron chi connectivity index (χ3n) is 7.44. The second-order valence-electron chi connectivity index (χ2n) is 8.87. The van der Waals surface area contributed by atoms with Gasteiger partial charge in [0.05, 0.1) is 0 Å². The third kappa shape index (κ3) is 2.91. The summed E-state index contributed by atoms with van der Waals surface area (Å²) in [4.78, 5) is 41.4. The van der Waals surface area contributed by atoms with Gasteiger partial charge in [-0.05, 0) is 43.4 Å². The molecule has 0 bridgehead atoms. The Labute approximate surface area is 155 Å². The SMILES string of the molecule is C[C@@H]1CCCC[C@]12NC(=O)N(CC(=O)N1CC[C@@H]3CCCC[C@@H]3C1)C2=O. The van der Waals surface area contributed by atoms with Crippen molar-refractivity contribution in [1.29, 1.82) is 0 Å². The molecule has 4 aliphatic rings. The van der Waals surface area contributed by atoms with Crippen molar-refractivity contribution < 1.29 is 14.4 Å². The number of hydrogen-bond acceptors (Lipinski definition) is 3. The van der Waals surface area contributed by atoms with E-state index < -0.39 is 5.54 Å². The van der Waals surface area contributed by atoms with E-state index in [4.69, 9.17) is 0 Å². The molecule has 0 aromatic carbocycles. The maximum Gasteiger partial charge on any atom is 0.325 e. The number of nitrogens with zero attached hydrogens (tertiary/aromatic N) is 2. The van der Waals surface area contributed by atoms with Gasteiger partial charge >= 0.3 is 6.03 Å². The van der Waals surface area contributed by atoms with Gasteiger partial charge in [-0.3, -0.25) is 14.5 Å². The van der Waals surface area contributed by atoms with Crippen molar-refractivity contribution in [2.24, 2.45) is 17.8 Å². The Kier molecular flexibility index (Phi) is 4.70. The van der Waals surface area contributed by atoms with Gasteiger partial charge in [-0.25, -0.2) is 4.79 Å². The zero-order chi connectivity index (χ0) is 18.3. The number of carbonyl (C=O) groups is 3. The number of imide groups is 1. The Morgan fingerprint density at radius 3 is 2.58 bits per heavy atom. The zero-order valence-electron chi connectivity index (χ0n) is 15.8. The Hall–Kier alpha value is -1.59. The first kappa shape index (κ1) is 17.8. The molecule has 4 amide bonds. The number of carbonyl (C=O) groups excluding carboxylic acids is 3. The van der Waals surface area contributed by atoms with Gasteiger partial charge in [-0.15, -0.1) is 0 Å². The second kappa shape index (κ2) is 6.86. The summed E-state index contributed by atoms with van der Waals surface area (Å²) >= 11 is 0. The Balaban J connectivity index is 1.41. The molecule has 2 aliphatic heterocycles. The van der Waals surface area contributed by atoms with Gasteiger partial charge in [-0.1, -0.05) is 39.0 Å². The summed E-state index contributed by atoms with van der Waals surface area (Å²) in [6, 6.07) is -0.385. The van der Waals surface area contributed by atoms with Gasteiger partial charge in [0.15, 0.2) is 0 Å². The summed E-state index contributed by atoms with van der Waals surface area (Å²) in [6.45, 7) is 3.51. The molecule has 6 heteroatoms. The van der Waals surface area contributed by atoms with E-state index in [1.54, 1.807) is 0 Å². The van der Waals surface area contributed by atoms with Crippen LogP contribution >= 0.6 is 0 Å². The van der Waals surface area contributed by atoms with E-state index in [9.17, 15) is 14.4 Å². The number of likely N-dealkylation sites (tertiary alicyclic amines) is 1. The summed E-state index contributed by atoms with van der Waals surface area (Å²) in [5.74, 6) is 1.24. The van der Waals surface area contributed by atoms with Crippen LogP contribution in [-0.2, 0) is 9.59 Å². The van der Waals surface area contributed by atoms with Gasteiger partial charge in [-0.2, -0.15) is 0 Å². The quantitative estimate of drug-likeness (QED) is 0.769. The Bertz CT molecular complexity index is 607. The second-order valence-corrected chi connectivity index (χ2v) is 8.87. The average Bonchev–Trinajstić information content (AvgIpc) is 2.89. The summed E-state index contributed by atoms with van der Waals surface area (Å²) in [5.41, 5.74) is -0.772. The first-order chi connectivity index (χ1) is 12.5. The van der Waals surface area contributed by atoms with Gasteiger partial charge in [0, 0.05) is 13.1 Å². The van der Waals surface area contributed by atoms with Crippen molar-refractivity contribution in [1.82, 2.24) is 15.1 Å². The molecule has 0 radical (unpaired) electrons. The molecule has 2 heterocycles. The molecular weight excluding hydrogens is 330 g/mol. The highest BCUT2D eigenvalue weighted by molar-refractivity contribution is 6.09. The molecule has 0 aromatic rings. The zero-order valence-corrected chi connectivity index (χ0v) is 15.8. The van der Waals surface area contributed by atoms with Gasteiger partial charge < -0.3 is 10.2 Å². The van der Waals surface area contributed by atoms with Crippen LogP contribution in [0.4, 0.5) is 4.79 Å². The molecule has 1 N–H and O–H groups in total. The molecule has 26 heavy (non-hydrogen) atoms. The third-order valence-corrected chi connectivity index (χ3v) is 7.44. The van der Waals surface area contributed by atoms with Crippen LogP contribution in [0, 0.1) is 17.8 Å². The molecule has 0 aromatic heterocycles. The van der Waals surface area contributed by atoms with Crippen LogP contribution in [0.3, 0.4) is 0 Å². The monoisotopic (exact) mass is 361 g/mol. The fraction of sp³-hybridized carbons (Fsp3) is 0.850. The van der Waals surface area contributed by atoms with Crippen molar-refractivity contribution in [2.45, 2.75) is 70.3 Å². The van der Waals surface area contributed by atoms with E-state index in [1.165, 1.54) is 30.6 Å². The molecule has 2 saturated carbocycles. The standard InChI is InChI=1S/C20H31N3O3/c1-14-6-4-5-10-20(14)18(25)23(19(26)21-20)13-17(24)22-11-9-15-7-2-3-8-16(15)12-22/h14-16H,2-13H2,1H3,(H,21,26)/t14-,15+,16-,20+/m1/s1. The maximum absolute atomic E-state index is 13.0. The normalized spacial score (nSPS) is 37.7. The molecule has 6 nitrogen and oxygen atoms in total. The fourth-order valence-electron chi connectivity index (χ4n) is 5.70. The van der Waals surface area contributed by atoms with Crippen molar-refractivity contribution in [2.75, 3.05) is 19.6 Å². The average molecular weight is 361 g/mol. The topological polar surface area (TPSA) is 69.7 Å². The highest BCUT2D eigenvalue weighted by Crippen LogP contribution is 2.39. The Morgan fingerprint density at radius 1 is 1.08 bits per heavy atom. The number of piperidine rings is 1. The van der Waals surface area contributed by atoms with Gasteiger partial charge in [0.1, 0.15) is 12.1 Å². The number of hydrogen-bond donors (Lipinski definition) is 1. The molecule has 144 valence electrons. The smallest absolute Gasteiger partial charge is 0.325 e. The van der Waals surface area contributed by atoms with Crippen LogP contribution in [0.2, 0.25) is 0 Å². The van der Waals surface area contributed by atoms with E-state index in [0.717, 1.165) is 44.7 Å². The van der Waals surface area contributed by atoms with Crippen LogP contribution in [0.5, 0.6) is 0 Å². The number of amides is 4. The molecule has 4 atom stereocenters. The van der Waals surface area contributed by atoms with E-state index in [0.29, 0.717) is 12.3 Å². The summed E-state index contributed by atoms with van der Waals surface area (Å²) in [6.07, 6.45) is 9.83. The molecule has 2 saturated heterocycles. The molecule has 4 fully saturated rings. The lowest BCUT2D eigenvalue weighted by atomic mass is 9.73. The lowest BCUT2D eigenvalue weighted by Crippen LogP contribution is -2.54. The molecule has 0 unspecified atom stereocenters. The van der Waals surface area contributed by atoms with Crippen LogP contribution < -0.4 is 5.32 Å². The number of fused-ring (bicyclic) bond motifs is 1.